The Labute approximate surface area is 169 Å². The Bertz CT molecular complexity index is 1010. The van der Waals surface area contributed by atoms with Crippen LogP contribution >= 0.6 is 0 Å². The minimum absolute atomic E-state index is 0.0374. The molecule has 0 bridgehead atoms. The van der Waals surface area contributed by atoms with Crippen molar-refractivity contribution in [1.82, 2.24) is 15.3 Å². The van der Waals surface area contributed by atoms with Crippen molar-refractivity contribution in [2.24, 2.45) is 12.1 Å². The van der Waals surface area contributed by atoms with Gasteiger partial charge in [0.2, 0.25) is 5.91 Å². The van der Waals surface area contributed by atoms with E-state index in [0.29, 0.717) is 0 Å². The first-order chi connectivity index (χ1) is 14.1. The van der Waals surface area contributed by atoms with Crippen LogP contribution in [0, 0.1) is 0 Å². The number of carbonyl (C=O) groups excluding carboxylic acids is 2. The Kier molecular flexibility index (Phi) is 6.63. The Morgan fingerprint density at radius 2 is 1.86 bits per heavy atom. The number of hydrogen-bond acceptors (Lipinski definition) is 4. The Morgan fingerprint density at radius 3 is 2.62 bits per heavy atom. The van der Waals surface area contributed by atoms with Gasteiger partial charge in [-0.05, 0) is 18.6 Å². The maximum atomic E-state index is 12.4. The Morgan fingerprint density at radius 1 is 1.14 bits per heavy atom. The summed E-state index contributed by atoms with van der Waals surface area (Å²) in [5, 5.41) is 7.86. The van der Waals surface area contributed by atoms with Crippen LogP contribution in [0.2, 0.25) is 0 Å². The molecule has 0 aliphatic carbocycles. The summed E-state index contributed by atoms with van der Waals surface area (Å²) in [7, 11) is 1.96. The molecule has 0 spiro atoms. The molecule has 0 fully saturated rings. The summed E-state index contributed by atoms with van der Waals surface area (Å²) in [4.78, 5) is 24.2. The number of nitrogens with zero attached hydrogens (tertiary/aromatic N) is 2. The van der Waals surface area contributed by atoms with Crippen molar-refractivity contribution in [3.8, 4) is 0 Å². The van der Waals surface area contributed by atoms with E-state index in [4.69, 9.17) is 4.74 Å². The predicted molar refractivity (Wildman–Crippen MR) is 113 cm³/mol. The molecule has 1 atom stereocenters. The van der Waals surface area contributed by atoms with Crippen molar-refractivity contribution in [2.75, 3.05) is 6.61 Å². The third kappa shape index (κ3) is 5.22. The van der Waals surface area contributed by atoms with E-state index in [1.54, 1.807) is 13.1 Å². The van der Waals surface area contributed by atoms with Crippen molar-refractivity contribution >= 4 is 29.1 Å². The average Bonchev–Trinajstić information content (AvgIpc) is 3.04. The van der Waals surface area contributed by atoms with Gasteiger partial charge in [0.1, 0.15) is 0 Å². The van der Waals surface area contributed by atoms with E-state index in [9.17, 15) is 9.59 Å². The van der Waals surface area contributed by atoms with Gasteiger partial charge in [-0.3, -0.25) is 4.79 Å². The summed E-state index contributed by atoms with van der Waals surface area (Å²) >= 11 is 0. The van der Waals surface area contributed by atoms with E-state index in [-0.39, 0.29) is 18.9 Å². The fourth-order valence-electron chi connectivity index (χ4n) is 3.13. The number of amides is 2. The van der Waals surface area contributed by atoms with Gasteiger partial charge in [-0.1, -0.05) is 48.5 Å². The van der Waals surface area contributed by atoms with E-state index >= 15 is 0 Å². The highest BCUT2D eigenvalue weighted by Crippen LogP contribution is 2.19. The van der Waals surface area contributed by atoms with Crippen LogP contribution in [0.25, 0.3) is 10.9 Å². The maximum absolute atomic E-state index is 12.4. The van der Waals surface area contributed by atoms with E-state index < -0.39 is 12.1 Å². The van der Waals surface area contributed by atoms with Gasteiger partial charge in [0.25, 0.3) is 0 Å². The lowest BCUT2D eigenvalue weighted by atomic mass is 10.0. The molecule has 0 saturated carbocycles. The van der Waals surface area contributed by atoms with Gasteiger partial charge >= 0.3 is 6.09 Å². The molecule has 2 aromatic carbocycles. The topological polar surface area (TPSA) is 84.7 Å². The largest absolute Gasteiger partial charge is 0.450 e. The second kappa shape index (κ2) is 9.54. The molecule has 150 valence electrons. The molecule has 7 heteroatoms. The predicted octanol–water partition coefficient (Wildman–Crippen LogP) is 3.51. The highest BCUT2D eigenvalue weighted by Gasteiger charge is 2.18. The summed E-state index contributed by atoms with van der Waals surface area (Å²) in [6.07, 6.45) is 3.05. The molecule has 3 aromatic rings. The fraction of sp³-hybridized carbons (Fsp3) is 0.227. The number of hydrogen-bond donors (Lipinski definition) is 2. The first-order valence-electron chi connectivity index (χ1n) is 9.42. The van der Waals surface area contributed by atoms with Crippen LogP contribution in [0.4, 0.5) is 4.79 Å². The lowest BCUT2D eigenvalue weighted by molar-refractivity contribution is -0.121. The number of aryl methyl sites for hydroxylation is 1. The van der Waals surface area contributed by atoms with Crippen LogP contribution in [-0.4, -0.2) is 29.4 Å². The molecule has 2 amide bonds. The first kappa shape index (κ1) is 20.1. The van der Waals surface area contributed by atoms with Crippen LogP contribution in [-0.2, 0) is 16.6 Å². The molecule has 0 aliphatic heterocycles. The van der Waals surface area contributed by atoms with Gasteiger partial charge in [0, 0.05) is 29.7 Å². The van der Waals surface area contributed by atoms with Crippen LogP contribution < -0.4 is 10.7 Å². The number of fused-ring (bicyclic) bond motifs is 1. The highest BCUT2D eigenvalue weighted by atomic mass is 16.5. The SMILES string of the molecule is CCOC(=O)N[C@H](CC(=O)N/N=C\c1cn(C)c2ccccc12)c1ccccc1. The van der Waals surface area contributed by atoms with Crippen LogP contribution in [0.5, 0.6) is 0 Å². The monoisotopic (exact) mass is 392 g/mol. The van der Waals surface area contributed by atoms with Gasteiger partial charge in [-0.25, -0.2) is 10.2 Å². The number of ether oxygens (including phenoxy) is 1. The molecular formula is C22H24N4O3. The summed E-state index contributed by atoms with van der Waals surface area (Å²) in [6, 6.07) is 16.7. The molecule has 1 heterocycles. The second-order valence-electron chi connectivity index (χ2n) is 6.54. The molecule has 0 unspecified atom stereocenters. The standard InChI is InChI=1S/C22H24N4O3/c1-3-29-22(28)24-19(16-9-5-4-6-10-16)13-21(27)25-23-14-17-15-26(2)20-12-8-7-11-18(17)20/h4-12,14-15,19H,3,13H2,1-2H3,(H,24,28)(H,25,27)/b23-14-/t19-/m1/s1. The molecule has 29 heavy (non-hydrogen) atoms. The third-order valence-corrected chi connectivity index (χ3v) is 4.48. The van der Waals surface area contributed by atoms with Gasteiger partial charge in [-0.2, -0.15) is 5.10 Å². The van der Waals surface area contributed by atoms with Gasteiger partial charge in [0.15, 0.2) is 0 Å². The van der Waals surface area contributed by atoms with Crippen molar-refractivity contribution in [3.05, 3.63) is 71.9 Å². The molecule has 0 aliphatic rings. The number of aromatic nitrogens is 1. The summed E-state index contributed by atoms with van der Waals surface area (Å²) in [6.45, 7) is 1.99. The minimum atomic E-state index is -0.562. The van der Waals surface area contributed by atoms with E-state index in [0.717, 1.165) is 22.0 Å². The Hall–Kier alpha value is -3.61. The fourth-order valence-corrected chi connectivity index (χ4v) is 3.13. The van der Waals surface area contributed by atoms with Crippen molar-refractivity contribution in [2.45, 2.75) is 19.4 Å². The minimum Gasteiger partial charge on any atom is -0.450 e. The third-order valence-electron chi connectivity index (χ3n) is 4.48. The van der Waals surface area contributed by atoms with E-state index in [1.807, 2.05) is 72.4 Å². The van der Waals surface area contributed by atoms with Crippen molar-refractivity contribution < 1.29 is 14.3 Å². The molecule has 3 rings (SSSR count). The number of rotatable bonds is 7. The van der Waals surface area contributed by atoms with Gasteiger partial charge in [-0.15, -0.1) is 0 Å². The molecule has 1 aromatic heterocycles. The molecule has 0 saturated heterocycles. The number of hydrazone groups is 1. The van der Waals surface area contributed by atoms with Crippen LogP contribution in [0.15, 0.2) is 65.9 Å². The van der Waals surface area contributed by atoms with Crippen LogP contribution in [0.1, 0.15) is 30.5 Å². The van der Waals surface area contributed by atoms with Crippen molar-refractivity contribution in [3.63, 3.8) is 0 Å². The van der Waals surface area contributed by atoms with E-state index in [1.165, 1.54) is 0 Å². The second-order valence-corrected chi connectivity index (χ2v) is 6.54. The molecule has 0 radical (unpaired) electrons. The smallest absolute Gasteiger partial charge is 0.407 e. The highest BCUT2D eigenvalue weighted by molar-refractivity contribution is 5.99. The number of nitrogens with one attached hydrogen (secondary N) is 2. The first-order valence-corrected chi connectivity index (χ1v) is 9.42. The normalized spacial score (nSPS) is 12.1. The lowest BCUT2D eigenvalue weighted by Gasteiger charge is -2.18. The lowest BCUT2D eigenvalue weighted by Crippen LogP contribution is -2.33. The van der Waals surface area contributed by atoms with Gasteiger partial charge in [0.05, 0.1) is 25.3 Å². The number of carbonyl (C=O) groups is 2. The maximum Gasteiger partial charge on any atom is 0.407 e. The molecule has 2 N–H and O–H groups in total. The van der Waals surface area contributed by atoms with Crippen LogP contribution in [0.3, 0.4) is 0 Å². The number of benzene rings is 2. The summed E-state index contributed by atoms with van der Waals surface area (Å²) in [5.41, 5.74) is 5.35. The van der Waals surface area contributed by atoms with Crippen molar-refractivity contribution in [1.29, 1.82) is 0 Å². The Balaban J connectivity index is 1.66. The average molecular weight is 392 g/mol. The zero-order valence-electron chi connectivity index (χ0n) is 16.5. The van der Waals surface area contributed by atoms with Gasteiger partial charge < -0.3 is 14.6 Å². The molecular weight excluding hydrogens is 368 g/mol. The molecule has 7 nitrogen and oxygen atoms in total. The summed E-state index contributed by atoms with van der Waals surface area (Å²) in [5.74, 6) is -0.313. The zero-order chi connectivity index (χ0) is 20.6. The van der Waals surface area contributed by atoms with E-state index in [2.05, 4.69) is 15.8 Å². The number of alkyl carbamates (subject to hydrolysis) is 1. The number of para-hydroxylation sites is 1. The summed E-state index contributed by atoms with van der Waals surface area (Å²) < 4.78 is 6.95. The quantitative estimate of drug-likeness (QED) is 0.477. The zero-order valence-corrected chi connectivity index (χ0v) is 16.5.